The highest BCUT2D eigenvalue weighted by Gasteiger charge is 2.19. The Balaban J connectivity index is 4.62. The van der Waals surface area contributed by atoms with Crippen molar-refractivity contribution in [1.82, 2.24) is 0 Å². The van der Waals surface area contributed by atoms with Crippen LogP contribution >= 0.6 is 0 Å². The molecule has 0 saturated carbocycles. The van der Waals surface area contributed by atoms with Gasteiger partial charge in [0.15, 0.2) is 6.10 Å². The van der Waals surface area contributed by atoms with Crippen molar-refractivity contribution >= 4 is 17.9 Å². The molecule has 0 saturated heterocycles. The van der Waals surface area contributed by atoms with E-state index in [0.29, 0.717) is 12.8 Å². The average molecular weight is 975 g/mol. The fourth-order valence-electron chi connectivity index (χ4n) is 6.68. The van der Waals surface area contributed by atoms with Crippen LogP contribution in [0.5, 0.6) is 0 Å². The molecule has 6 nitrogen and oxygen atoms in total. The van der Waals surface area contributed by atoms with Crippen LogP contribution in [-0.4, -0.2) is 37.2 Å². The molecule has 0 fully saturated rings. The summed E-state index contributed by atoms with van der Waals surface area (Å²) < 4.78 is 16.7. The Morgan fingerprint density at radius 1 is 0.282 bits per heavy atom. The van der Waals surface area contributed by atoms with Crippen LogP contribution in [0.25, 0.3) is 0 Å². The second-order valence-electron chi connectivity index (χ2n) is 17.3. The van der Waals surface area contributed by atoms with Crippen LogP contribution in [-0.2, 0) is 28.6 Å². The molecule has 394 valence electrons. The van der Waals surface area contributed by atoms with Gasteiger partial charge in [-0.3, -0.25) is 14.4 Å². The summed E-state index contributed by atoms with van der Waals surface area (Å²) in [6.07, 6.45) is 84.9. The SMILES string of the molecule is CCC=CCC=CCC=CCC=CCC=CCC=CCCC(=O)OC[C@@H](COC(=O)CCCCCC=CCC=CCC=CCC=CCC=CCC)OC(=O)CCCCCCCC=CCC=CCC=CCC. The Labute approximate surface area is 434 Å². The molecule has 0 aromatic heterocycles. The summed E-state index contributed by atoms with van der Waals surface area (Å²) in [4.78, 5) is 38.1. The summed E-state index contributed by atoms with van der Waals surface area (Å²) in [6, 6.07) is 0. The van der Waals surface area contributed by atoms with Crippen molar-refractivity contribution in [2.45, 2.75) is 207 Å². The minimum Gasteiger partial charge on any atom is -0.462 e. The number of esters is 3. The topological polar surface area (TPSA) is 78.9 Å². The highest BCUT2D eigenvalue weighted by Crippen LogP contribution is 2.11. The third kappa shape index (κ3) is 55.6. The number of carbonyl (C=O) groups excluding carboxylic acids is 3. The summed E-state index contributed by atoms with van der Waals surface area (Å²) >= 11 is 0. The zero-order valence-corrected chi connectivity index (χ0v) is 44.9. The highest BCUT2D eigenvalue weighted by molar-refractivity contribution is 5.71. The van der Waals surface area contributed by atoms with Crippen LogP contribution in [0.4, 0.5) is 0 Å². The predicted molar refractivity (Wildman–Crippen MR) is 306 cm³/mol. The smallest absolute Gasteiger partial charge is 0.306 e. The van der Waals surface area contributed by atoms with Gasteiger partial charge in [0.25, 0.3) is 0 Å². The van der Waals surface area contributed by atoms with Crippen LogP contribution in [0.2, 0.25) is 0 Å². The predicted octanol–water partition coefficient (Wildman–Crippen LogP) is 18.8. The summed E-state index contributed by atoms with van der Waals surface area (Å²) in [5.41, 5.74) is 0. The Hall–Kier alpha value is -5.23. The van der Waals surface area contributed by atoms with Gasteiger partial charge in [0, 0.05) is 19.3 Å². The lowest BCUT2D eigenvalue weighted by atomic mass is 10.1. The van der Waals surface area contributed by atoms with Crippen LogP contribution in [0.1, 0.15) is 201 Å². The van der Waals surface area contributed by atoms with E-state index in [4.69, 9.17) is 14.2 Å². The average Bonchev–Trinajstić information content (AvgIpc) is 3.37. The first-order valence-electron chi connectivity index (χ1n) is 27.6. The van der Waals surface area contributed by atoms with Crippen LogP contribution in [0, 0.1) is 0 Å². The van der Waals surface area contributed by atoms with Gasteiger partial charge in [0.2, 0.25) is 0 Å². The molecule has 0 aromatic carbocycles. The molecule has 0 aliphatic carbocycles. The lowest BCUT2D eigenvalue weighted by molar-refractivity contribution is -0.166. The van der Waals surface area contributed by atoms with Gasteiger partial charge in [-0.1, -0.05) is 217 Å². The summed E-state index contributed by atoms with van der Waals surface area (Å²) in [5.74, 6) is -1.08. The lowest BCUT2D eigenvalue weighted by Crippen LogP contribution is -2.30. The molecule has 6 heteroatoms. The van der Waals surface area contributed by atoms with Crippen molar-refractivity contribution in [1.29, 1.82) is 0 Å². The number of carbonyl (C=O) groups is 3. The van der Waals surface area contributed by atoms with Gasteiger partial charge in [0.1, 0.15) is 13.2 Å². The molecule has 71 heavy (non-hydrogen) atoms. The van der Waals surface area contributed by atoms with E-state index >= 15 is 0 Å². The fourth-order valence-corrected chi connectivity index (χ4v) is 6.68. The van der Waals surface area contributed by atoms with Crippen molar-refractivity contribution in [3.05, 3.63) is 170 Å². The normalized spacial score (nSPS) is 13.5. The molecule has 0 bridgehead atoms. The molecular weight excluding hydrogens is 877 g/mol. The van der Waals surface area contributed by atoms with Gasteiger partial charge in [-0.2, -0.15) is 0 Å². The molecule has 0 rings (SSSR count). The minimum atomic E-state index is -0.842. The Bertz CT molecular complexity index is 1690. The maximum atomic E-state index is 12.8. The van der Waals surface area contributed by atoms with Crippen molar-refractivity contribution in [3.8, 4) is 0 Å². The van der Waals surface area contributed by atoms with Crippen LogP contribution in [0.3, 0.4) is 0 Å². The summed E-state index contributed by atoms with van der Waals surface area (Å²) in [5, 5.41) is 0. The first-order valence-corrected chi connectivity index (χ1v) is 27.6. The minimum absolute atomic E-state index is 0.135. The number of rotatable bonds is 47. The largest absolute Gasteiger partial charge is 0.462 e. The van der Waals surface area contributed by atoms with Crippen molar-refractivity contribution in [3.63, 3.8) is 0 Å². The van der Waals surface area contributed by atoms with Crippen molar-refractivity contribution in [2.75, 3.05) is 13.2 Å². The Morgan fingerprint density at radius 3 is 0.887 bits per heavy atom. The highest BCUT2D eigenvalue weighted by atomic mass is 16.6. The maximum Gasteiger partial charge on any atom is 0.306 e. The number of ether oxygens (including phenoxy) is 3. The van der Waals surface area contributed by atoms with Gasteiger partial charge in [-0.25, -0.2) is 0 Å². The number of hydrogen-bond donors (Lipinski definition) is 0. The molecule has 0 N–H and O–H groups in total. The maximum absolute atomic E-state index is 12.8. The van der Waals surface area contributed by atoms with Gasteiger partial charge >= 0.3 is 17.9 Å². The molecule has 0 unspecified atom stereocenters. The summed E-state index contributed by atoms with van der Waals surface area (Å²) in [6.45, 7) is 6.16. The van der Waals surface area contributed by atoms with E-state index in [0.717, 1.165) is 154 Å². The van der Waals surface area contributed by atoms with Gasteiger partial charge < -0.3 is 14.2 Å². The van der Waals surface area contributed by atoms with E-state index in [1.165, 1.54) is 0 Å². The molecule has 0 amide bonds. The van der Waals surface area contributed by atoms with Gasteiger partial charge in [-0.15, -0.1) is 0 Å². The second kappa shape index (κ2) is 57.3. The molecule has 1 atom stereocenters. The first kappa shape index (κ1) is 65.8. The molecule has 0 aliphatic heterocycles. The third-order valence-corrected chi connectivity index (χ3v) is 10.7. The van der Waals surface area contributed by atoms with E-state index in [9.17, 15) is 14.4 Å². The zero-order valence-electron chi connectivity index (χ0n) is 44.9. The second-order valence-corrected chi connectivity index (χ2v) is 17.3. The Kier molecular flexibility index (Phi) is 53.1. The van der Waals surface area contributed by atoms with Crippen molar-refractivity contribution in [2.24, 2.45) is 0 Å². The van der Waals surface area contributed by atoms with Crippen molar-refractivity contribution < 1.29 is 28.6 Å². The monoisotopic (exact) mass is 975 g/mol. The first-order chi connectivity index (χ1) is 35.0. The summed E-state index contributed by atoms with van der Waals surface area (Å²) in [7, 11) is 0. The van der Waals surface area contributed by atoms with Crippen LogP contribution < -0.4 is 0 Å². The third-order valence-electron chi connectivity index (χ3n) is 10.7. The van der Waals surface area contributed by atoms with Gasteiger partial charge in [-0.05, 0) is 135 Å². The van der Waals surface area contributed by atoms with Crippen LogP contribution in [0.15, 0.2) is 170 Å². The van der Waals surface area contributed by atoms with Gasteiger partial charge in [0.05, 0.1) is 0 Å². The molecule has 0 spiro atoms. The fraction of sp³-hybridized carbons (Fsp3) is 0.523. The van der Waals surface area contributed by atoms with E-state index in [2.05, 4.69) is 179 Å². The number of unbranched alkanes of at least 4 members (excludes halogenated alkanes) is 8. The van der Waals surface area contributed by atoms with E-state index in [-0.39, 0.29) is 44.0 Å². The van der Waals surface area contributed by atoms with E-state index in [1.54, 1.807) is 0 Å². The number of allylic oxidation sites excluding steroid dienone is 28. The number of hydrogen-bond acceptors (Lipinski definition) is 6. The lowest BCUT2D eigenvalue weighted by Gasteiger charge is -2.18. The Morgan fingerprint density at radius 2 is 0.535 bits per heavy atom. The standard InChI is InChI=1S/C65H98O6/c1-4-7-10-13-16-19-22-25-28-30-32-34-37-39-42-45-48-51-54-57-63(66)69-60-62(71-65(68)59-56-53-50-47-44-41-36-27-24-21-18-15-12-9-6-3)61-70-64(67)58-55-52-49-46-43-40-38-35-33-31-29-26-23-20-17-14-11-8-5-2/h7-12,16-21,25-29,32-36,39-40,42-43,48,51,62H,4-6,13-15,22-24,30-31,37-38,41,44-47,49-50,52-61H2,1-3H3/t62-/m0/s1. The zero-order chi connectivity index (χ0) is 51.4. The van der Waals surface area contributed by atoms with E-state index in [1.807, 2.05) is 12.2 Å². The molecule has 0 radical (unpaired) electrons. The quantitative estimate of drug-likeness (QED) is 0.0262. The molecule has 0 heterocycles. The molecule has 0 aliphatic rings. The molecular formula is C65H98O6. The van der Waals surface area contributed by atoms with E-state index < -0.39 is 6.10 Å². The molecule has 0 aromatic rings.